The number of hydrogen-bond donors (Lipinski definition) is 4. The molecular weight excluding hydrogens is 972 g/mol. The summed E-state index contributed by atoms with van der Waals surface area (Å²) in [5.41, 5.74) is 9.79. The van der Waals surface area contributed by atoms with Crippen LogP contribution in [0.4, 0.5) is 30.4 Å². The summed E-state index contributed by atoms with van der Waals surface area (Å²) >= 11 is 0. The van der Waals surface area contributed by atoms with Crippen LogP contribution in [0.1, 0.15) is 97.7 Å². The van der Waals surface area contributed by atoms with E-state index in [4.69, 9.17) is 20.7 Å². The predicted octanol–water partition coefficient (Wildman–Crippen LogP) is 6.56. The number of halogens is 3. The van der Waals surface area contributed by atoms with Crippen molar-refractivity contribution in [1.29, 1.82) is 0 Å². The second-order valence-corrected chi connectivity index (χ2v) is 21.2. The van der Waals surface area contributed by atoms with Crippen LogP contribution in [0.15, 0.2) is 79.3 Å². The van der Waals surface area contributed by atoms with Crippen molar-refractivity contribution in [2.24, 2.45) is 13.0 Å². The van der Waals surface area contributed by atoms with Gasteiger partial charge in [-0.05, 0) is 94.8 Å². The van der Waals surface area contributed by atoms with Crippen LogP contribution in [0.2, 0.25) is 0 Å². The fraction of sp³-hybridized carbons (Fsp3) is 0.360. The lowest BCUT2D eigenvalue weighted by atomic mass is 9.77. The standard InChI is InChI=1S/C50H50F3N11O8S/c1-25(26-8-11-30(51)12-9-26)72-38-20-27(10-13-35(38)60-73(70,71)49(52)53)42-41-43(61(4)59-42)34(23-55-44(41)54)29-22-56-63(24-29)32-16-17-62(50(2,3)21-32)46(67)28-18-31(19-28)57-36-7-5-6-33-40(36)48(69)64(47(33)68)37-14-15-39(65)58-45(37)66/h5-13,20,22-25,28,31-32,37,49,57,60H,14-19,21H2,1-4H3,(H2,54,55)(H,58,65,66)/t25-,28?,31?,32?,37?/m0/s1. The van der Waals surface area contributed by atoms with Gasteiger partial charge in [-0.3, -0.25) is 48.3 Å². The molecule has 3 aliphatic heterocycles. The van der Waals surface area contributed by atoms with Gasteiger partial charge in [-0.15, -0.1) is 0 Å². The Balaban J connectivity index is 0.826. The smallest absolute Gasteiger partial charge is 0.355 e. The number of pyridine rings is 1. The number of imide groups is 2. The zero-order valence-corrected chi connectivity index (χ0v) is 40.8. The summed E-state index contributed by atoms with van der Waals surface area (Å²) in [6.45, 7) is 6.19. The third-order valence-electron chi connectivity index (χ3n) is 14.3. The van der Waals surface area contributed by atoms with Crippen molar-refractivity contribution in [2.45, 2.75) is 94.8 Å². The van der Waals surface area contributed by atoms with Gasteiger partial charge in [-0.25, -0.2) is 17.8 Å². The van der Waals surface area contributed by atoms with Gasteiger partial charge in [0.15, 0.2) is 0 Å². The molecule has 23 heteroatoms. The van der Waals surface area contributed by atoms with E-state index in [1.165, 1.54) is 42.5 Å². The second kappa shape index (κ2) is 18.3. The number of nitrogen functional groups attached to an aromatic ring is 1. The number of aryl methyl sites for hydroxylation is 1. The molecule has 3 atom stereocenters. The summed E-state index contributed by atoms with van der Waals surface area (Å²) in [6.07, 6.45) is 6.81. The molecule has 19 nitrogen and oxygen atoms in total. The summed E-state index contributed by atoms with van der Waals surface area (Å²) in [5, 5.41) is 15.6. The first kappa shape index (κ1) is 48.8. The first-order chi connectivity index (χ1) is 34.7. The fourth-order valence-corrected chi connectivity index (χ4v) is 11.0. The Kier molecular flexibility index (Phi) is 12.3. The fourth-order valence-electron chi connectivity index (χ4n) is 10.5. The number of hydrogen-bond acceptors (Lipinski definition) is 13. The van der Waals surface area contributed by atoms with Crippen LogP contribution in [-0.4, -0.2) is 102 Å². The molecular formula is C50H50F3N11O8S. The second-order valence-electron chi connectivity index (χ2n) is 19.5. The summed E-state index contributed by atoms with van der Waals surface area (Å²) in [4.78, 5) is 72.8. The minimum atomic E-state index is -5.09. The number of carbonyl (C=O) groups is 5. The Labute approximate surface area is 416 Å². The number of piperidine rings is 2. The van der Waals surface area contributed by atoms with E-state index in [0.717, 1.165) is 4.90 Å². The average molecular weight is 1020 g/mol. The van der Waals surface area contributed by atoms with Crippen molar-refractivity contribution < 1.29 is 50.3 Å². The monoisotopic (exact) mass is 1020 g/mol. The van der Waals surface area contributed by atoms with Gasteiger partial charge in [-0.1, -0.05) is 24.3 Å². The molecule has 3 fully saturated rings. The number of nitrogens with one attached hydrogen (secondary N) is 3. The molecule has 380 valence electrons. The van der Waals surface area contributed by atoms with E-state index in [1.54, 1.807) is 49.2 Å². The number of alkyl halides is 2. The average Bonchev–Trinajstić information content (AvgIpc) is 4.03. The molecule has 3 aromatic carbocycles. The molecule has 2 unspecified atom stereocenters. The topological polar surface area (TPSA) is 246 Å². The number of nitrogens with zero attached hydrogens (tertiary/aromatic N) is 7. The highest BCUT2D eigenvalue weighted by Crippen LogP contribution is 2.43. The molecule has 6 aromatic rings. The first-order valence-corrected chi connectivity index (χ1v) is 25.2. The van der Waals surface area contributed by atoms with Crippen molar-refractivity contribution in [1.82, 2.24) is 39.7 Å². The number of carbonyl (C=O) groups excluding carboxylic acids is 5. The first-order valence-electron chi connectivity index (χ1n) is 23.6. The van der Waals surface area contributed by atoms with Gasteiger partial charge >= 0.3 is 5.76 Å². The Bertz CT molecular complexity index is 3370. The lowest BCUT2D eigenvalue weighted by molar-refractivity contribution is -0.147. The Morgan fingerprint density at radius 2 is 1.71 bits per heavy atom. The van der Waals surface area contributed by atoms with Gasteiger partial charge in [-0.2, -0.15) is 19.0 Å². The van der Waals surface area contributed by atoms with E-state index in [0.29, 0.717) is 76.8 Å². The van der Waals surface area contributed by atoms with Crippen molar-refractivity contribution in [3.63, 3.8) is 0 Å². The van der Waals surface area contributed by atoms with E-state index in [9.17, 15) is 45.6 Å². The molecule has 6 heterocycles. The number of sulfonamides is 1. The molecule has 5 N–H and O–H groups in total. The van der Waals surface area contributed by atoms with Gasteiger partial charge in [0.25, 0.3) is 21.8 Å². The van der Waals surface area contributed by atoms with Gasteiger partial charge in [0.2, 0.25) is 17.7 Å². The quantitative estimate of drug-likeness (QED) is 0.0897. The number of amides is 5. The van der Waals surface area contributed by atoms with Crippen LogP contribution in [0.3, 0.4) is 0 Å². The Hall–Kier alpha value is -7.82. The minimum Gasteiger partial charge on any atom is -0.484 e. The summed E-state index contributed by atoms with van der Waals surface area (Å²) in [5.74, 6) is -6.71. The zero-order valence-electron chi connectivity index (χ0n) is 39.9. The molecule has 10 rings (SSSR count). The Morgan fingerprint density at radius 1 is 0.959 bits per heavy atom. The van der Waals surface area contributed by atoms with Gasteiger partial charge < -0.3 is 20.7 Å². The third kappa shape index (κ3) is 8.88. The maximum absolute atomic E-state index is 14.1. The molecule has 1 saturated carbocycles. The van der Waals surface area contributed by atoms with Crippen LogP contribution < -0.4 is 25.8 Å². The molecule has 73 heavy (non-hydrogen) atoms. The predicted molar refractivity (Wildman–Crippen MR) is 261 cm³/mol. The SMILES string of the molecule is C[C@H](Oc1cc(-c2nn(C)c3c(-c4cnn(C5CCN(C(=O)C6CC(Nc7cccc8c7C(=O)N(C7CCC(=O)NC7=O)C8=O)C6)C(C)(C)C5)c4)cnc(N)c23)ccc1NS(=O)(=O)C(F)F)c1ccc(F)cc1. The number of benzene rings is 3. The van der Waals surface area contributed by atoms with Crippen molar-refractivity contribution in [3.8, 4) is 28.1 Å². The summed E-state index contributed by atoms with van der Waals surface area (Å²) in [7, 11) is -3.37. The third-order valence-corrected chi connectivity index (χ3v) is 15.3. The highest BCUT2D eigenvalue weighted by molar-refractivity contribution is 7.93. The van der Waals surface area contributed by atoms with E-state index < -0.39 is 62.9 Å². The lowest BCUT2D eigenvalue weighted by Crippen LogP contribution is -2.57. The lowest BCUT2D eigenvalue weighted by Gasteiger charge is -2.49. The molecule has 0 radical (unpaired) electrons. The van der Waals surface area contributed by atoms with Crippen LogP contribution in [-0.2, 0) is 31.5 Å². The van der Waals surface area contributed by atoms with Crippen molar-refractivity contribution in [3.05, 3.63) is 102 Å². The van der Waals surface area contributed by atoms with Crippen LogP contribution in [0.5, 0.6) is 5.75 Å². The molecule has 4 aliphatic rings. The minimum absolute atomic E-state index is 0.0185. The number of anilines is 3. The zero-order chi connectivity index (χ0) is 51.8. The molecule has 0 spiro atoms. The van der Waals surface area contributed by atoms with E-state index in [1.807, 2.05) is 34.3 Å². The van der Waals surface area contributed by atoms with Crippen LogP contribution >= 0.6 is 0 Å². The maximum Gasteiger partial charge on any atom is 0.355 e. The number of nitrogens with two attached hydrogens (primary N) is 1. The molecule has 5 amide bonds. The van der Waals surface area contributed by atoms with Crippen molar-refractivity contribution >= 4 is 67.7 Å². The number of rotatable bonds is 13. The normalized spacial score (nSPS) is 21.3. The van der Waals surface area contributed by atoms with E-state index in [2.05, 4.69) is 15.6 Å². The number of likely N-dealkylation sites (tertiary alicyclic amines) is 1. The van der Waals surface area contributed by atoms with E-state index in [-0.39, 0.29) is 65.1 Å². The van der Waals surface area contributed by atoms with Crippen LogP contribution in [0, 0.1) is 11.7 Å². The number of fused-ring (bicyclic) bond motifs is 2. The largest absolute Gasteiger partial charge is 0.484 e. The number of aromatic nitrogens is 5. The van der Waals surface area contributed by atoms with Gasteiger partial charge in [0.1, 0.15) is 35.2 Å². The highest BCUT2D eigenvalue weighted by Gasteiger charge is 2.48. The van der Waals surface area contributed by atoms with Crippen LogP contribution in [0.25, 0.3) is 33.3 Å². The summed E-state index contributed by atoms with van der Waals surface area (Å²) < 4.78 is 76.9. The molecule has 1 aliphatic carbocycles. The van der Waals surface area contributed by atoms with E-state index >= 15 is 0 Å². The summed E-state index contributed by atoms with van der Waals surface area (Å²) in [6, 6.07) is 13.3. The van der Waals surface area contributed by atoms with Gasteiger partial charge in [0, 0.05) is 72.3 Å². The number of ether oxygens (including phenoxy) is 1. The highest BCUT2D eigenvalue weighted by atomic mass is 32.2. The maximum atomic E-state index is 14.1. The molecule has 2 saturated heterocycles. The van der Waals surface area contributed by atoms with Crippen molar-refractivity contribution in [2.75, 3.05) is 22.3 Å². The van der Waals surface area contributed by atoms with Gasteiger partial charge in [0.05, 0.1) is 40.0 Å². The Morgan fingerprint density at radius 3 is 2.42 bits per heavy atom. The molecule has 0 bridgehead atoms. The molecule has 3 aromatic heterocycles.